The van der Waals surface area contributed by atoms with E-state index in [1.165, 1.54) is 0 Å². The van der Waals surface area contributed by atoms with Gasteiger partial charge in [-0.3, -0.25) is 4.57 Å². The number of benzene rings is 1. The van der Waals surface area contributed by atoms with E-state index < -0.39 is 0 Å². The summed E-state index contributed by atoms with van der Waals surface area (Å²) in [6, 6.07) is 16.9. The van der Waals surface area contributed by atoms with E-state index in [2.05, 4.69) is 17.1 Å². The maximum absolute atomic E-state index is 9.23. The quantitative estimate of drug-likeness (QED) is 0.661. The van der Waals surface area contributed by atoms with Gasteiger partial charge in [0.15, 0.2) is 0 Å². The Bertz CT molecular complexity index is 846. The minimum atomic E-state index is 0.492. The maximum atomic E-state index is 9.23. The van der Waals surface area contributed by atoms with Crippen LogP contribution in [0, 0.1) is 22.7 Å². The number of hydrogen-bond acceptors (Lipinski definition) is 3. The Labute approximate surface area is 109 Å². The Morgan fingerprint density at radius 3 is 2.63 bits per heavy atom. The van der Waals surface area contributed by atoms with Crippen molar-refractivity contribution in [3.05, 3.63) is 59.9 Å². The van der Waals surface area contributed by atoms with Gasteiger partial charge >= 0.3 is 0 Å². The average Bonchev–Trinajstić information content (AvgIpc) is 2.94. The molecule has 0 spiro atoms. The number of nitriles is 2. The lowest BCUT2D eigenvalue weighted by Gasteiger charge is -2.07. The van der Waals surface area contributed by atoms with Gasteiger partial charge < -0.3 is 0 Å². The van der Waals surface area contributed by atoms with E-state index in [0.29, 0.717) is 17.1 Å². The van der Waals surface area contributed by atoms with Crippen LogP contribution in [0.15, 0.2) is 48.7 Å². The molecule has 0 fully saturated rings. The molecule has 0 radical (unpaired) electrons. The van der Waals surface area contributed by atoms with Crippen LogP contribution in [-0.4, -0.2) is 9.55 Å². The molecular formula is C15H8N4. The predicted molar refractivity (Wildman–Crippen MR) is 70.5 cm³/mol. The lowest BCUT2D eigenvalue weighted by molar-refractivity contribution is 1.000. The third-order valence-electron chi connectivity index (χ3n) is 2.93. The molecule has 0 saturated carbocycles. The first kappa shape index (κ1) is 11.0. The average molecular weight is 244 g/mol. The third-order valence-corrected chi connectivity index (χ3v) is 2.93. The topological polar surface area (TPSA) is 65.4 Å². The van der Waals surface area contributed by atoms with Gasteiger partial charge in [0.1, 0.15) is 17.6 Å². The minimum Gasteiger partial charge on any atom is -0.293 e. The summed E-state index contributed by atoms with van der Waals surface area (Å²) < 4.78 is 1.67. The number of pyridine rings is 1. The fourth-order valence-corrected chi connectivity index (χ4v) is 2.05. The Hall–Kier alpha value is -3.11. The summed E-state index contributed by atoms with van der Waals surface area (Å²) in [5, 5.41) is 19.1. The van der Waals surface area contributed by atoms with Crippen LogP contribution in [0.3, 0.4) is 0 Å². The standard InChI is InChI=1S/C15H8N4/c16-9-11-8-15(19-7-3-4-12(19)10-17)18-14-6-2-1-5-13(11)14/h1-8H. The van der Waals surface area contributed by atoms with E-state index in [1.807, 2.05) is 24.3 Å². The molecule has 0 bridgehead atoms. The van der Waals surface area contributed by atoms with E-state index in [4.69, 9.17) is 5.26 Å². The molecule has 3 rings (SSSR count). The highest BCUT2D eigenvalue weighted by Crippen LogP contribution is 2.20. The molecule has 2 heterocycles. The van der Waals surface area contributed by atoms with Crippen molar-refractivity contribution in [1.29, 1.82) is 10.5 Å². The van der Waals surface area contributed by atoms with E-state index in [9.17, 15) is 5.26 Å². The van der Waals surface area contributed by atoms with Crippen molar-refractivity contribution in [3.63, 3.8) is 0 Å². The number of hydrogen-bond donors (Lipinski definition) is 0. The van der Waals surface area contributed by atoms with Crippen molar-refractivity contribution in [1.82, 2.24) is 9.55 Å². The highest BCUT2D eigenvalue weighted by Gasteiger charge is 2.08. The van der Waals surface area contributed by atoms with Gasteiger partial charge in [0.25, 0.3) is 0 Å². The molecule has 1 aromatic carbocycles. The van der Waals surface area contributed by atoms with Gasteiger partial charge in [0, 0.05) is 11.6 Å². The van der Waals surface area contributed by atoms with Crippen molar-refractivity contribution >= 4 is 10.9 Å². The molecule has 0 aliphatic heterocycles. The Morgan fingerprint density at radius 2 is 1.84 bits per heavy atom. The molecule has 0 unspecified atom stereocenters. The number of aromatic nitrogens is 2. The van der Waals surface area contributed by atoms with Crippen LogP contribution in [0.1, 0.15) is 11.3 Å². The molecule has 0 aliphatic rings. The third kappa shape index (κ3) is 1.72. The van der Waals surface area contributed by atoms with Crippen LogP contribution in [-0.2, 0) is 0 Å². The molecule has 3 aromatic rings. The second kappa shape index (κ2) is 4.29. The molecule has 88 valence electrons. The normalized spacial score (nSPS) is 10.0. The summed E-state index contributed by atoms with van der Waals surface area (Å²) in [6.07, 6.45) is 1.76. The van der Waals surface area contributed by atoms with Crippen LogP contribution >= 0.6 is 0 Å². The molecule has 0 N–H and O–H groups in total. The van der Waals surface area contributed by atoms with Crippen molar-refractivity contribution in [2.45, 2.75) is 0 Å². The molecule has 4 heteroatoms. The first-order valence-electron chi connectivity index (χ1n) is 5.71. The van der Waals surface area contributed by atoms with Gasteiger partial charge in [0.2, 0.25) is 0 Å². The first-order valence-corrected chi connectivity index (χ1v) is 5.71. The maximum Gasteiger partial charge on any atom is 0.139 e. The largest absolute Gasteiger partial charge is 0.293 e. The lowest BCUT2D eigenvalue weighted by Crippen LogP contribution is -2.00. The van der Waals surface area contributed by atoms with Gasteiger partial charge in [-0.25, -0.2) is 4.98 Å². The summed E-state index contributed by atoms with van der Waals surface area (Å²) >= 11 is 0. The monoisotopic (exact) mass is 244 g/mol. The number of rotatable bonds is 1. The van der Waals surface area contributed by atoms with Gasteiger partial charge in [0.05, 0.1) is 17.1 Å². The number of para-hydroxylation sites is 1. The fourth-order valence-electron chi connectivity index (χ4n) is 2.05. The van der Waals surface area contributed by atoms with Gasteiger partial charge in [-0.05, 0) is 24.3 Å². The molecule has 4 nitrogen and oxygen atoms in total. The Balaban J connectivity index is 2.33. The Morgan fingerprint density at radius 1 is 1.00 bits per heavy atom. The summed E-state index contributed by atoms with van der Waals surface area (Å²) in [4.78, 5) is 4.50. The second-order valence-electron chi connectivity index (χ2n) is 4.03. The van der Waals surface area contributed by atoms with Crippen molar-refractivity contribution in [2.24, 2.45) is 0 Å². The van der Waals surface area contributed by atoms with Crippen LogP contribution in [0.25, 0.3) is 16.7 Å². The molecule has 0 amide bonds. The molecule has 0 saturated heterocycles. The highest BCUT2D eigenvalue weighted by atomic mass is 15.1. The van der Waals surface area contributed by atoms with Crippen molar-refractivity contribution in [3.8, 4) is 18.0 Å². The highest BCUT2D eigenvalue weighted by molar-refractivity contribution is 5.85. The zero-order valence-electron chi connectivity index (χ0n) is 9.91. The summed E-state index contributed by atoms with van der Waals surface area (Å²) in [7, 11) is 0. The van der Waals surface area contributed by atoms with Crippen LogP contribution in [0.4, 0.5) is 0 Å². The van der Waals surface area contributed by atoms with E-state index >= 15 is 0 Å². The lowest BCUT2D eigenvalue weighted by atomic mass is 10.1. The minimum absolute atomic E-state index is 0.492. The van der Waals surface area contributed by atoms with Crippen molar-refractivity contribution in [2.75, 3.05) is 0 Å². The zero-order valence-corrected chi connectivity index (χ0v) is 9.91. The van der Waals surface area contributed by atoms with E-state index in [-0.39, 0.29) is 0 Å². The predicted octanol–water partition coefficient (Wildman–Crippen LogP) is 2.77. The molecular weight excluding hydrogens is 236 g/mol. The van der Waals surface area contributed by atoms with Crippen LogP contribution in [0.5, 0.6) is 0 Å². The molecule has 19 heavy (non-hydrogen) atoms. The summed E-state index contributed by atoms with van der Waals surface area (Å²) in [6.45, 7) is 0. The first-order chi connectivity index (χ1) is 9.33. The number of fused-ring (bicyclic) bond motifs is 1. The molecule has 0 atom stereocenters. The smallest absolute Gasteiger partial charge is 0.139 e. The van der Waals surface area contributed by atoms with Gasteiger partial charge in [-0.1, -0.05) is 18.2 Å². The van der Waals surface area contributed by atoms with E-state index in [1.54, 1.807) is 29.0 Å². The second-order valence-corrected chi connectivity index (χ2v) is 4.03. The summed E-state index contributed by atoms with van der Waals surface area (Å²) in [5.74, 6) is 0.580. The molecule has 0 aliphatic carbocycles. The summed E-state index contributed by atoms with van der Waals surface area (Å²) in [5.41, 5.74) is 1.79. The van der Waals surface area contributed by atoms with Gasteiger partial charge in [-0.15, -0.1) is 0 Å². The van der Waals surface area contributed by atoms with Crippen molar-refractivity contribution < 1.29 is 0 Å². The van der Waals surface area contributed by atoms with Crippen LogP contribution < -0.4 is 0 Å². The van der Waals surface area contributed by atoms with Gasteiger partial charge in [-0.2, -0.15) is 10.5 Å². The van der Waals surface area contributed by atoms with E-state index in [0.717, 1.165) is 10.9 Å². The zero-order chi connectivity index (χ0) is 13.2. The Kier molecular flexibility index (Phi) is 2.48. The number of nitrogens with zero attached hydrogens (tertiary/aromatic N) is 4. The molecule has 2 aromatic heterocycles. The fraction of sp³-hybridized carbons (Fsp3) is 0. The van der Waals surface area contributed by atoms with Crippen LogP contribution in [0.2, 0.25) is 0 Å². The SMILES string of the molecule is N#Cc1cc(-n2cccc2C#N)nc2ccccc12.